The Balaban J connectivity index is 4.48. The van der Waals surface area contributed by atoms with Gasteiger partial charge in [0.1, 0.15) is 0 Å². The average molecular weight is 184 g/mol. The summed E-state index contributed by atoms with van der Waals surface area (Å²) in [5, 5.41) is 0. The molecule has 0 radical (unpaired) electrons. The van der Waals surface area contributed by atoms with E-state index in [0.29, 0.717) is 6.61 Å². The minimum atomic E-state index is -0.228. The summed E-state index contributed by atoms with van der Waals surface area (Å²) in [7, 11) is 0. The fourth-order valence-electron chi connectivity index (χ4n) is 1.18. The number of rotatable bonds is 3. The molecule has 13 heavy (non-hydrogen) atoms. The first-order chi connectivity index (χ1) is 5.91. The number of allylic oxidation sites excluding steroid dienone is 1. The van der Waals surface area contributed by atoms with E-state index in [1.165, 1.54) is 0 Å². The van der Waals surface area contributed by atoms with Gasteiger partial charge in [-0.3, -0.25) is 0 Å². The van der Waals surface area contributed by atoms with Gasteiger partial charge < -0.3 is 4.74 Å². The molecule has 2 heteroatoms. The predicted molar refractivity (Wildman–Crippen MR) is 54.5 cm³/mol. The van der Waals surface area contributed by atoms with E-state index in [-0.39, 0.29) is 11.4 Å². The first-order valence-corrected chi connectivity index (χ1v) is 4.79. The highest BCUT2D eigenvalue weighted by Gasteiger charge is 2.16. The highest BCUT2D eigenvalue weighted by Crippen LogP contribution is 2.27. The molecule has 0 aromatic carbocycles. The normalized spacial score (nSPS) is 12.8. The Labute approximate surface area is 81.0 Å². The monoisotopic (exact) mass is 184 g/mol. The molecule has 0 unspecified atom stereocenters. The van der Waals surface area contributed by atoms with E-state index in [4.69, 9.17) is 4.74 Å². The van der Waals surface area contributed by atoms with Gasteiger partial charge in [0, 0.05) is 6.08 Å². The third kappa shape index (κ3) is 4.71. The van der Waals surface area contributed by atoms with Gasteiger partial charge in [-0.15, -0.1) is 0 Å². The molecule has 0 aliphatic heterocycles. The summed E-state index contributed by atoms with van der Waals surface area (Å²) < 4.78 is 4.85. The molecule has 0 aromatic heterocycles. The lowest BCUT2D eigenvalue weighted by Gasteiger charge is -2.21. The first kappa shape index (κ1) is 12.2. The van der Waals surface area contributed by atoms with Crippen LogP contribution in [0.4, 0.5) is 0 Å². The Morgan fingerprint density at radius 3 is 2.15 bits per heavy atom. The van der Waals surface area contributed by atoms with Crippen LogP contribution in [0.2, 0.25) is 0 Å². The van der Waals surface area contributed by atoms with E-state index >= 15 is 0 Å². The molecule has 0 rings (SSSR count). The number of carbonyl (C=O) groups is 1. The summed E-state index contributed by atoms with van der Waals surface area (Å²) in [6.45, 7) is 10.6. The maximum atomic E-state index is 11.2. The largest absolute Gasteiger partial charge is 0.463 e. The first-order valence-electron chi connectivity index (χ1n) is 4.79. The van der Waals surface area contributed by atoms with Crippen LogP contribution in [0.5, 0.6) is 0 Å². The Bertz CT molecular complexity index is 197. The van der Waals surface area contributed by atoms with Gasteiger partial charge >= 0.3 is 5.97 Å². The number of hydrogen-bond donors (Lipinski definition) is 0. The van der Waals surface area contributed by atoms with E-state index in [1.807, 2.05) is 6.92 Å². The maximum absolute atomic E-state index is 11.2. The van der Waals surface area contributed by atoms with Crippen molar-refractivity contribution < 1.29 is 9.53 Å². The molecule has 0 atom stereocenters. The summed E-state index contributed by atoms with van der Waals surface area (Å²) in [5.41, 5.74) is 1.19. The van der Waals surface area contributed by atoms with E-state index < -0.39 is 0 Å². The van der Waals surface area contributed by atoms with Crippen molar-refractivity contribution in [2.75, 3.05) is 6.61 Å². The van der Waals surface area contributed by atoms with Crippen LogP contribution in [0, 0.1) is 5.41 Å². The zero-order valence-electron chi connectivity index (χ0n) is 9.31. The summed E-state index contributed by atoms with van der Waals surface area (Å²) in [4.78, 5) is 11.2. The van der Waals surface area contributed by atoms with Crippen LogP contribution in [0.25, 0.3) is 0 Å². The fraction of sp³-hybridized carbons (Fsp3) is 0.727. The van der Waals surface area contributed by atoms with Crippen LogP contribution in [-0.2, 0) is 9.53 Å². The van der Waals surface area contributed by atoms with E-state index in [1.54, 1.807) is 6.08 Å². The van der Waals surface area contributed by atoms with Gasteiger partial charge in [-0.25, -0.2) is 4.79 Å². The highest BCUT2D eigenvalue weighted by atomic mass is 16.5. The molecule has 0 aromatic rings. The Morgan fingerprint density at radius 2 is 1.85 bits per heavy atom. The van der Waals surface area contributed by atoms with E-state index in [0.717, 1.165) is 12.0 Å². The topological polar surface area (TPSA) is 26.3 Å². The van der Waals surface area contributed by atoms with Gasteiger partial charge in [-0.2, -0.15) is 0 Å². The number of ether oxygens (including phenoxy) is 1. The molecule has 0 fully saturated rings. The quantitative estimate of drug-likeness (QED) is 0.498. The SMILES string of the molecule is CCOC(=O)/C=C(\CC)C(C)(C)C. The molecular formula is C11H20O2. The second-order valence-electron chi connectivity index (χ2n) is 4.03. The van der Waals surface area contributed by atoms with Crippen molar-refractivity contribution in [3.8, 4) is 0 Å². The summed E-state index contributed by atoms with van der Waals surface area (Å²) in [6.07, 6.45) is 2.51. The molecule has 76 valence electrons. The molecule has 0 aliphatic carbocycles. The molecule has 0 aliphatic rings. The standard InChI is InChI=1S/C11H20O2/c1-6-9(11(3,4)5)8-10(12)13-7-2/h8H,6-7H2,1-5H3/b9-8+. The smallest absolute Gasteiger partial charge is 0.330 e. The fourth-order valence-corrected chi connectivity index (χ4v) is 1.18. The van der Waals surface area contributed by atoms with Gasteiger partial charge in [0.15, 0.2) is 0 Å². The highest BCUT2D eigenvalue weighted by molar-refractivity contribution is 5.82. The minimum Gasteiger partial charge on any atom is -0.463 e. The van der Waals surface area contributed by atoms with Crippen LogP contribution in [-0.4, -0.2) is 12.6 Å². The summed E-state index contributed by atoms with van der Waals surface area (Å²) >= 11 is 0. The lowest BCUT2D eigenvalue weighted by atomic mass is 9.85. The molecule has 0 saturated heterocycles. The molecular weight excluding hydrogens is 164 g/mol. The number of carbonyl (C=O) groups excluding carboxylic acids is 1. The third-order valence-electron chi connectivity index (χ3n) is 1.92. The van der Waals surface area contributed by atoms with Gasteiger partial charge in [-0.1, -0.05) is 33.3 Å². The zero-order valence-corrected chi connectivity index (χ0v) is 9.31. The van der Waals surface area contributed by atoms with Crippen molar-refractivity contribution in [3.05, 3.63) is 11.6 Å². The maximum Gasteiger partial charge on any atom is 0.330 e. The van der Waals surface area contributed by atoms with Gasteiger partial charge in [0.05, 0.1) is 6.61 Å². The van der Waals surface area contributed by atoms with Gasteiger partial charge in [0.25, 0.3) is 0 Å². The zero-order chi connectivity index (χ0) is 10.5. The van der Waals surface area contributed by atoms with Crippen LogP contribution in [0.15, 0.2) is 11.6 Å². The summed E-state index contributed by atoms with van der Waals surface area (Å²) in [6, 6.07) is 0. The Kier molecular flexibility index (Phi) is 4.74. The average Bonchev–Trinajstić information content (AvgIpc) is 1.98. The van der Waals surface area contributed by atoms with Gasteiger partial charge in [0.2, 0.25) is 0 Å². The Hall–Kier alpha value is -0.790. The van der Waals surface area contributed by atoms with Crippen LogP contribution in [0.1, 0.15) is 41.0 Å². The number of esters is 1. The van der Waals surface area contributed by atoms with Crippen molar-refractivity contribution in [2.45, 2.75) is 41.0 Å². The van der Waals surface area contributed by atoms with Crippen molar-refractivity contribution in [3.63, 3.8) is 0 Å². The second kappa shape index (κ2) is 5.05. The second-order valence-corrected chi connectivity index (χ2v) is 4.03. The molecule has 0 spiro atoms. The number of hydrogen-bond acceptors (Lipinski definition) is 2. The predicted octanol–water partition coefficient (Wildman–Crippen LogP) is 2.93. The lowest BCUT2D eigenvalue weighted by Crippen LogP contribution is -2.12. The lowest BCUT2D eigenvalue weighted by molar-refractivity contribution is -0.137. The molecule has 0 bridgehead atoms. The summed E-state index contributed by atoms with van der Waals surface area (Å²) in [5.74, 6) is -0.228. The van der Waals surface area contributed by atoms with E-state index in [9.17, 15) is 4.79 Å². The molecule has 0 N–H and O–H groups in total. The molecule has 0 saturated carbocycles. The third-order valence-corrected chi connectivity index (χ3v) is 1.92. The van der Waals surface area contributed by atoms with Crippen molar-refractivity contribution in [1.29, 1.82) is 0 Å². The minimum absolute atomic E-state index is 0.0571. The van der Waals surface area contributed by atoms with Gasteiger partial charge in [-0.05, 0) is 18.8 Å². The van der Waals surface area contributed by atoms with E-state index in [2.05, 4.69) is 27.7 Å². The van der Waals surface area contributed by atoms with Crippen molar-refractivity contribution in [2.24, 2.45) is 5.41 Å². The molecule has 0 amide bonds. The Morgan fingerprint density at radius 1 is 1.31 bits per heavy atom. The van der Waals surface area contributed by atoms with Crippen molar-refractivity contribution >= 4 is 5.97 Å². The van der Waals surface area contributed by atoms with Crippen LogP contribution >= 0.6 is 0 Å². The van der Waals surface area contributed by atoms with Crippen LogP contribution < -0.4 is 0 Å². The van der Waals surface area contributed by atoms with Crippen molar-refractivity contribution in [1.82, 2.24) is 0 Å². The van der Waals surface area contributed by atoms with Crippen LogP contribution in [0.3, 0.4) is 0 Å². The molecule has 2 nitrogen and oxygen atoms in total. The molecule has 0 heterocycles.